The molecule has 0 radical (unpaired) electrons. The van der Waals surface area contributed by atoms with E-state index < -0.39 is 105 Å². The van der Waals surface area contributed by atoms with Crippen LogP contribution >= 0.6 is 0 Å². The van der Waals surface area contributed by atoms with E-state index in [1.165, 1.54) is 0 Å². The lowest BCUT2D eigenvalue weighted by molar-refractivity contribution is -0.141. The Hall–Kier alpha value is -2.05. The van der Waals surface area contributed by atoms with Crippen molar-refractivity contribution >= 4 is 47.9 Å². The van der Waals surface area contributed by atoms with Crippen LogP contribution < -0.4 is 0 Å². The molecular formula is C46H66O10S2Si2. The summed E-state index contributed by atoms with van der Waals surface area (Å²) in [7, 11) is -13.5. The van der Waals surface area contributed by atoms with E-state index in [1.54, 1.807) is 60.7 Å². The first-order chi connectivity index (χ1) is 27.7. The van der Waals surface area contributed by atoms with Crippen molar-refractivity contribution in [1.29, 1.82) is 0 Å². The highest BCUT2D eigenvalue weighted by Crippen LogP contribution is 2.73. The molecule has 12 atom stereocenters. The number of hydrogen-bond donors (Lipinski definition) is 0. The second kappa shape index (κ2) is 13.7. The van der Waals surface area contributed by atoms with Gasteiger partial charge in [-0.25, -0.2) is 16.8 Å². The molecule has 4 bridgehead atoms. The van der Waals surface area contributed by atoms with Crippen LogP contribution in [0.5, 0.6) is 0 Å². The number of benzene rings is 2. The molecule has 6 aliphatic rings. The van der Waals surface area contributed by atoms with E-state index in [0.29, 0.717) is 12.8 Å². The minimum atomic E-state index is -4.24. The predicted octanol–water partition coefficient (Wildman–Crippen LogP) is 8.51. The zero-order valence-corrected chi connectivity index (χ0v) is 41.2. The number of Topliss-reactive ketones (excluding diaryl/α,β-unsaturated/α-hetero) is 2. The van der Waals surface area contributed by atoms with Gasteiger partial charge in [0.05, 0.1) is 45.0 Å². The van der Waals surface area contributed by atoms with Crippen LogP contribution in [0.4, 0.5) is 0 Å². The maximum absolute atomic E-state index is 15.9. The van der Waals surface area contributed by atoms with Crippen molar-refractivity contribution in [2.75, 3.05) is 0 Å². The number of rotatable bonds is 11. The van der Waals surface area contributed by atoms with Gasteiger partial charge in [-0.2, -0.15) is 0 Å². The van der Waals surface area contributed by atoms with Gasteiger partial charge in [0, 0.05) is 11.8 Å². The average molecular weight is 899 g/mol. The van der Waals surface area contributed by atoms with Crippen LogP contribution in [0.15, 0.2) is 70.5 Å². The summed E-state index contributed by atoms with van der Waals surface area (Å²) in [6.45, 7) is 25.0. The van der Waals surface area contributed by atoms with E-state index in [2.05, 4.69) is 67.7 Å². The first-order valence-electron chi connectivity index (χ1n) is 22.1. The number of ketones is 2. The lowest BCUT2D eigenvalue weighted by atomic mass is 9.55. The van der Waals surface area contributed by atoms with Crippen LogP contribution in [0.25, 0.3) is 0 Å². The van der Waals surface area contributed by atoms with Crippen molar-refractivity contribution in [3.05, 3.63) is 60.7 Å². The Balaban J connectivity index is 1.33. The molecule has 0 amide bonds. The van der Waals surface area contributed by atoms with E-state index in [1.807, 2.05) is 13.8 Å². The first-order valence-corrected chi connectivity index (χ1v) is 31.0. The van der Waals surface area contributed by atoms with Crippen molar-refractivity contribution < 1.29 is 44.8 Å². The summed E-state index contributed by atoms with van der Waals surface area (Å²) in [5, 5.41) is -2.86. The molecule has 8 rings (SSSR count). The highest BCUT2D eigenvalue weighted by atomic mass is 32.2. The fraction of sp³-hybridized carbons (Fsp3) is 0.696. The molecule has 2 aromatic carbocycles. The van der Waals surface area contributed by atoms with Crippen LogP contribution in [0.3, 0.4) is 0 Å². The largest absolute Gasteiger partial charge is 0.413 e. The topological polar surface area (TPSA) is 139 Å². The molecule has 2 aliphatic carbocycles. The fourth-order valence-corrected chi connectivity index (χ4v) is 20.1. The van der Waals surface area contributed by atoms with Crippen LogP contribution in [-0.2, 0) is 47.6 Å². The summed E-state index contributed by atoms with van der Waals surface area (Å²) in [4.78, 5) is 31.9. The van der Waals surface area contributed by atoms with Crippen LogP contribution in [0.2, 0.25) is 36.3 Å². The summed E-state index contributed by atoms with van der Waals surface area (Å²) in [6, 6.07) is 16.6. The predicted molar refractivity (Wildman–Crippen MR) is 235 cm³/mol. The lowest BCUT2D eigenvalue weighted by Crippen LogP contribution is -2.68. The molecule has 6 fully saturated rings. The molecule has 330 valence electrons. The summed E-state index contributed by atoms with van der Waals surface area (Å²) in [5.41, 5.74) is -6.40. The Kier molecular flexibility index (Phi) is 10.2. The molecule has 2 saturated carbocycles. The molecule has 2 aromatic rings. The third-order valence-corrected chi connectivity index (χ3v) is 30.6. The molecule has 2 spiro atoms. The smallest absolute Gasteiger partial charge is 0.192 e. The Labute approximate surface area is 360 Å². The zero-order valence-electron chi connectivity index (χ0n) is 37.5. The fourth-order valence-electron chi connectivity index (χ4n) is 12.3. The molecule has 14 heteroatoms. The highest BCUT2D eigenvalue weighted by molar-refractivity contribution is 7.92. The van der Waals surface area contributed by atoms with E-state index >= 15 is 26.4 Å². The Morgan fingerprint density at radius 3 is 1.20 bits per heavy atom. The summed E-state index contributed by atoms with van der Waals surface area (Å²) >= 11 is 0. The first kappa shape index (κ1) is 44.6. The summed E-state index contributed by atoms with van der Waals surface area (Å²) in [6.07, 6.45) is 0.419. The van der Waals surface area contributed by atoms with Gasteiger partial charge in [0.15, 0.2) is 47.9 Å². The third-order valence-electron chi connectivity index (χ3n) is 17.0. The van der Waals surface area contributed by atoms with E-state index in [9.17, 15) is 0 Å². The molecule has 4 saturated heterocycles. The van der Waals surface area contributed by atoms with Gasteiger partial charge in [-0.1, -0.05) is 91.8 Å². The molecule has 4 aliphatic heterocycles. The molecule has 0 unspecified atom stereocenters. The molecule has 10 nitrogen and oxygen atoms in total. The van der Waals surface area contributed by atoms with Crippen molar-refractivity contribution in [1.82, 2.24) is 0 Å². The molecule has 4 heterocycles. The van der Waals surface area contributed by atoms with Gasteiger partial charge in [-0.3, -0.25) is 9.59 Å². The van der Waals surface area contributed by atoms with E-state index in [0.717, 1.165) is 0 Å². The van der Waals surface area contributed by atoms with E-state index in [-0.39, 0.29) is 57.1 Å². The van der Waals surface area contributed by atoms with Gasteiger partial charge < -0.3 is 18.3 Å². The normalized spacial score (nSPS) is 39.1. The summed E-state index contributed by atoms with van der Waals surface area (Å²) < 4.78 is 90.6. The number of hydrogen-bond acceptors (Lipinski definition) is 10. The second-order valence-electron chi connectivity index (χ2n) is 21.8. The molecule has 60 heavy (non-hydrogen) atoms. The Morgan fingerprint density at radius 1 is 0.600 bits per heavy atom. The van der Waals surface area contributed by atoms with Gasteiger partial charge in [0.2, 0.25) is 0 Å². The van der Waals surface area contributed by atoms with Gasteiger partial charge in [-0.15, -0.1) is 0 Å². The zero-order chi connectivity index (χ0) is 44.1. The number of ether oxygens (including phenoxy) is 2. The summed E-state index contributed by atoms with van der Waals surface area (Å²) in [5.74, 6) is -4.81. The monoisotopic (exact) mass is 898 g/mol. The number of carbonyl (C=O) groups excluding carboxylic acids is 2. The third kappa shape index (κ3) is 5.71. The number of fused-ring (bicyclic) bond motifs is 2. The quantitative estimate of drug-likeness (QED) is 0.202. The second-order valence-corrected chi connectivity index (χ2v) is 35.5. The van der Waals surface area contributed by atoms with Gasteiger partial charge in [-0.05, 0) is 99.1 Å². The standard InChI is InChI=1S/C46H66O10S2Si2/c1-13-43-35(37(47)45(55-43)27-25-31(53-59(9,10)41(3,4)5)33(45)39(43)57(49,50)29-21-17-15-18-22-29)36-38(48)46-28-26-32(54-60(11,12)42(6,7)8)34(46)40(44(36,14-2)56-46)58(51,52)30-23-19-16-20-24-30/h15-24,31-36,39-40H,13-14,25-28H2,1-12H3/t31-,32-,33+,34+,35+,36+,39+,40+,43+,44+,45+,46+/m0/s1. The maximum atomic E-state index is 15.9. The lowest BCUT2D eigenvalue weighted by Gasteiger charge is -2.50. The highest BCUT2D eigenvalue weighted by Gasteiger charge is 2.89. The van der Waals surface area contributed by atoms with Crippen molar-refractivity contribution in [3.8, 4) is 0 Å². The van der Waals surface area contributed by atoms with Gasteiger partial charge in [0.1, 0.15) is 21.7 Å². The van der Waals surface area contributed by atoms with Gasteiger partial charge in [0.25, 0.3) is 0 Å². The Morgan fingerprint density at radius 2 is 0.917 bits per heavy atom. The van der Waals surface area contributed by atoms with Crippen molar-refractivity contribution in [3.63, 3.8) is 0 Å². The number of sulfone groups is 2. The molecular weight excluding hydrogens is 833 g/mol. The maximum Gasteiger partial charge on any atom is 0.192 e. The van der Waals surface area contributed by atoms with Gasteiger partial charge >= 0.3 is 0 Å². The van der Waals surface area contributed by atoms with Crippen molar-refractivity contribution in [2.24, 2.45) is 23.7 Å². The minimum absolute atomic E-state index is 0.110. The van der Waals surface area contributed by atoms with Crippen LogP contribution in [0.1, 0.15) is 93.9 Å². The van der Waals surface area contributed by atoms with E-state index in [4.69, 9.17) is 18.3 Å². The van der Waals surface area contributed by atoms with Crippen molar-refractivity contribution in [2.45, 2.75) is 185 Å². The average Bonchev–Trinajstić information content (AvgIpc) is 3.97. The van der Waals surface area contributed by atoms with Crippen LogP contribution in [0, 0.1) is 23.7 Å². The SMILES string of the molecule is CC[C@]12O[C@@]3(CC[C@H](O[Si](C)(C)C(C)(C)C)[C@@H]3[C@H]1S(=O)(=O)c1ccccc1)C(=O)[C@H]2[C@@H]1C(=O)[C@@]23CC[C@H](O[Si](C)(C)C(C)(C)C)[C@@H]2[C@@H](S(=O)(=O)c2ccccc2)[C@]1(CC)O3. The molecule has 0 N–H and O–H groups in total. The Bertz CT molecular complexity index is 2130. The number of carbonyl (C=O) groups is 2. The van der Waals surface area contributed by atoms with Crippen LogP contribution in [-0.4, -0.2) is 90.1 Å². The molecule has 0 aromatic heterocycles. The minimum Gasteiger partial charge on any atom is -0.413 e.